The van der Waals surface area contributed by atoms with Gasteiger partial charge < -0.3 is 4.90 Å². The third kappa shape index (κ3) is 2.44. The van der Waals surface area contributed by atoms with Gasteiger partial charge in [0.2, 0.25) is 0 Å². The molecule has 2 atom stereocenters. The van der Waals surface area contributed by atoms with Crippen molar-refractivity contribution in [2.24, 2.45) is 5.92 Å². The Morgan fingerprint density at radius 1 is 1.30 bits per heavy atom. The van der Waals surface area contributed by atoms with E-state index in [4.69, 9.17) is 0 Å². The zero-order valence-corrected chi connectivity index (χ0v) is 13.5. The number of aromatic nitrogens is 3. The summed E-state index contributed by atoms with van der Waals surface area (Å²) in [6.07, 6.45) is 8.14. The molecule has 4 rings (SSSR count). The molecule has 1 amide bonds. The molecular formula is C18H22N4O. The summed E-state index contributed by atoms with van der Waals surface area (Å²) in [7, 11) is 0. The fraction of sp³-hybridized carbons (Fsp3) is 0.500. The van der Waals surface area contributed by atoms with E-state index in [0.29, 0.717) is 17.5 Å². The molecule has 0 N–H and O–H groups in total. The van der Waals surface area contributed by atoms with Crippen molar-refractivity contribution in [2.75, 3.05) is 6.54 Å². The lowest BCUT2D eigenvalue weighted by molar-refractivity contribution is 0.0704. The van der Waals surface area contributed by atoms with E-state index in [1.165, 1.54) is 12.8 Å². The Morgan fingerprint density at radius 3 is 2.96 bits per heavy atom. The van der Waals surface area contributed by atoms with Crippen LogP contribution < -0.4 is 0 Å². The molecule has 2 aromatic heterocycles. The zero-order valence-electron chi connectivity index (χ0n) is 13.5. The summed E-state index contributed by atoms with van der Waals surface area (Å²) in [6.45, 7) is 3.86. The predicted molar refractivity (Wildman–Crippen MR) is 87.9 cm³/mol. The zero-order chi connectivity index (χ0) is 15.8. The van der Waals surface area contributed by atoms with Gasteiger partial charge in [0.1, 0.15) is 5.69 Å². The second-order valence-corrected chi connectivity index (χ2v) is 6.63. The van der Waals surface area contributed by atoms with Crippen molar-refractivity contribution in [3.63, 3.8) is 0 Å². The fourth-order valence-electron chi connectivity index (χ4n) is 4.03. The maximum absolute atomic E-state index is 13.1. The molecule has 5 nitrogen and oxygen atoms in total. The van der Waals surface area contributed by atoms with Crippen molar-refractivity contribution in [2.45, 2.75) is 45.2 Å². The number of piperidine rings is 1. The maximum atomic E-state index is 13.1. The van der Waals surface area contributed by atoms with E-state index in [9.17, 15) is 4.79 Å². The Bertz CT molecular complexity index is 723. The number of fused-ring (bicyclic) bond motifs is 2. The Labute approximate surface area is 136 Å². The average molecular weight is 310 g/mol. The SMILES string of the molecule is CCCn1nccc1-c1ncccc1C(=O)N1C[C@H]2CC[C@@H]1C2. The maximum Gasteiger partial charge on any atom is 0.256 e. The lowest BCUT2D eigenvalue weighted by Crippen LogP contribution is -2.38. The molecule has 0 radical (unpaired) electrons. The third-order valence-electron chi connectivity index (χ3n) is 5.10. The number of rotatable bonds is 4. The van der Waals surface area contributed by atoms with Crippen LogP contribution >= 0.6 is 0 Å². The minimum atomic E-state index is 0.129. The number of hydrogen-bond acceptors (Lipinski definition) is 3. The van der Waals surface area contributed by atoms with Gasteiger partial charge >= 0.3 is 0 Å². The molecule has 1 saturated heterocycles. The van der Waals surface area contributed by atoms with Gasteiger partial charge in [-0.3, -0.25) is 14.5 Å². The molecule has 120 valence electrons. The molecule has 0 spiro atoms. The highest BCUT2D eigenvalue weighted by molar-refractivity contribution is 5.99. The van der Waals surface area contributed by atoms with Crippen molar-refractivity contribution in [1.82, 2.24) is 19.7 Å². The summed E-state index contributed by atoms with van der Waals surface area (Å²) in [6, 6.07) is 6.14. The lowest BCUT2D eigenvalue weighted by Gasteiger charge is -2.27. The van der Waals surface area contributed by atoms with Crippen molar-refractivity contribution in [3.05, 3.63) is 36.2 Å². The van der Waals surface area contributed by atoms with Gasteiger partial charge in [-0.1, -0.05) is 6.92 Å². The van der Waals surface area contributed by atoms with Crippen molar-refractivity contribution in [1.29, 1.82) is 0 Å². The second kappa shape index (κ2) is 5.80. The van der Waals surface area contributed by atoms with Gasteiger partial charge in [0.25, 0.3) is 5.91 Å². The highest BCUT2D eigenvalue weighted by Crippen LogP contribution is 2.38. The summed E-state index contributed by atoms with van der Waals surface area (Å²) in [5.41, 5.74) is 2.39. The van der Waals surface area contributed by atoms with E-state index in [0.717, 1.165) is 37.3 Å². The van der Waals surface area contributed by atoms with E-state index in [-0.39, 0.29) is 5.91 Å². The molecular weight excluding hydrogens is 288 g/mol. The minimum absolute atomic E-state index is 0.129. The molecule has 0 aromatic carbocycles. The lowest BCUT2D eigenvalue weighted by atomic mass is 10.1. The normalized spacial score (nSPS) is 22.7. The van der Waals surface area contributed by atoms with E-state index in [1.807, 2.05) is 22.9 Å². The van der Waals surface area contributed by atoms with Crippen molar-refractivity contribution in [3.8, 4) is 11.4 Å². The molecule has 2 aliphatic rings. The summed E-state index contributed by atoms with van der Waals surface area (Å²) >= 11 is 0. The summed E-state index contributed by atoms with van der Waals surface area (Å²) in [4.78, 5) is 19.7. The second-order valence-electron chi connectivity index (χ2n) is 6.63. The topological polar surface area (TPSA) is 51.0 Å². The van der Waals surface area contributed by atoms with Crippen LogP contribution in [-0.2, 0) is 6.54 Å². The standard InChI is InChI=1S/C18H22N4O/c1-2-10-22-16(7-9-20-22)17-15(4-3-8-19-17)18(23)21-12-13-5-6-14(21)11-13/h3-4,7-9,13-14H,2,5-6,10-12H2,1H3/t13-,14+/m0/s1. The van der Waals surface area contributed by atoms with Crippen molar-refractivity contribution >= 4 is 5.91 Å². The van der Waals surface area contributed by atoms with Gasteiger partial charge in [-0.15, -0.1) is 0 Å². The van der Waals surface area contributed by atoms with E-state index < -0.39 is 0 Å². The van der Waals surface area contributed by atoms with Crippen LogP contribution in [0.2, 0.25) is 0 Å². The molecule has 2 fully saturated rings. The van der Waals surface area contributed by atoms with Gasteiger partial charge in [0.05, 0.1) is 11.3 Å². The molecule has 23 heavy (non-hydrogen) atoms. The minimum Gasteiger partial charge on any atom is -0.335 e. The quantitative estimate of drug-likeness (QED) is 0.872. The van der Waals surface area contributed by atoms with Gasteiger partial charge in [0, 0.05) is 31.5 Å². The third-order valence-corrected chi connectivity index (χ3v) is 5.10. The molecule has 0 unspecified atom stereocenters. The van der Waals surface area contributed by atoms with Crippen LogP contribution in [0, 0.1) is 5.92 Å². The van der Waals surface area contributed by atoms with Gasteiger partial charge in [-0.2, -0.15) is 5.10 Å². The molecule has 1 aliphatic carbocycles. The number of nitrogens with zero attached hydrogens (tertiary/aromatic N) is 4. The van der Waals surface area contributed by atoms with E-state index in [2.05, 4.69) is 21.9 Å². The smallest absolute Gasteiger partial charge is 0.256 e. The first-order valence-electron chi connectivity index (χ1n) is 8.56. The predicted octanol–water partition coefficient (Wildman–Crippen LogP) is 2.98. The molecule has 1 aliphatic heterocycles. The van der Waals surface area contributed by atoms with Crippen LogP contribution in [0.25, 0.3) is 11.4 Å². The highest BCUT2D eigenvalue weighted by Gasteiger charge is 2.41. The number of carbonyl (C=O) groups is 1. The van der Waals surface area contributed by atoms with Crippen LogP contribution in [0.15, 0.2) is 30.6 Å². The number of likely N-dealkylation sites (tertiary alicyclic amines) is 1. The number of aryl methyl sites for hydroxylation is 1. The van der Waals surface area contributed by atoms with Crippen LogP contribution in [0.1, 0.15) is 43.0 Å². The Morgan fingerprint density at radius 2 is 2.22 bits per heavy atom. The highest BCUT2D eigenvalue weighted by atomic mass is 16.2. The number of amides is 1. The van der Waals surface area contributed by atoms with Crippen LogP contribution in [0.5, 0.6) is 0 Å². The monoisotopic (exact) mass is 310 g/mol. The molecule has 3 heterocycles. The Hall–Kier alpha value is -2.17. The van der Waals surface area contributed by atoms with E-state index >= 15 is 0 Å². The summed E-state index contributed by atoms with van der Waals surface area (Å²) < 4.78 is 1.94. The number of carbonyl (C=O) groups excluding carboxylic acids is 1. The molecule has 5 heteroatoms. The van der Waals surface area contributed by atoms with Crippen LogP contribution in [-0.4, -0.2) is 38.2 Å². The van der Waals surface area contributed by atoms with Gasteiger partial charge in [0.15, 0.2) is 0 Å². The van der Waals surface area contributed by atoms with Gasteiger partial charge in [-0.25, -0.2) is 0 Å². The Kier molecular flexibility index (Phi) is 3.63. The molecule has 1 saturated carbocycles. The molecule has 2 aromatic rings. The number of pyridine rings is 1. The fourth-order valence-corrected chi connectivity index (χ4v) is 4.03. The summed E-state index contributed by atoms with van der Waals surface area (Å²) in [5, 5.41) is 4.37. The first kappa shape index (κ1) is 14.4. The van der Waals surface area contributed by atoms with Crippen LogP contribution in [0.3, 0.4) is 0 Å². The number of hydrogen-bond donors (Lipinski definition) is 0. The van der Waals surface area contributed by atoms with Crippen LogP contribution in [0.4, 0.5) is 0 Å². The molecule has 2 bridgehead atoms. The summed E-state index contributed by atoms with van der Waals surface area (Å²) in [5.74, 6) is 0.833. The first-order valence-corrected chi connectivity index (χ1v) is 8.56. The largest absolute Gasteiger partial charge is 0.335 e. The first-order chi connectivity index (χ1) is 11.3. The Balaban J connectivity index is 1.70. The average Bonchev–Trinajstić information content (AvgIpc) is 3.31. The van der Waals surface area contributed by atoms with Crippen molar-refractivity contribution < 1.29 is 4.79 Å². The van der Waals surface area contributed by atoms with Gasteiger partial charge in [-0.05, 0) is 49.8 Å². The van der Waals surface area contributed by atoms with E-state index in [1.54, 1.807) is 12.4 Å².